The molecule has 7 nitrogen and oxygen atoms in total. The van der Waals surface area contributed by atoms with Crippen LogP contribution in [0.4, 0.5) is 0 Å². The van der Waals surface area contributed by atoms with Gasteiger partial charge in [-0.25, -0.2) is 4.68 Å². The molecule has 0 spiro atoms. The normalized spacial score (nSPS) is 14.3. The second kappa shape index (κ2) is 11.9. The van der Waals surface area contributed by atoms with Crippen LogP contribution in [0.5, 0.6) is 0 Å². The molecule has 190 valence electrons. The van der Waals surface area contributed by atoms with Gasteiger partial charge in [0.2, 0.25) is 5.91 Å². The van der Waals surface area contributed by atoms with Crippen LogP contribution in [0.15, 0.2) is 54.6 Å². The minimum Gasteiger partial charge on any atom is -0.349 e. The molecule has 1 fully saturated rings. The number of carbonyl (C=O) groups excluding carboxylic acids is 2. The van der Waals surface area contributed by atoms with Crippen molar-refractivity contribution in [2.75, 3.05) is 32.7 Å². The molecular weight excluding hydrogens is 497 g/mol. The summed E-state index contributed by atoms with van der Waals surface area (Å²) in [6.45, 7) is 7.33. The standard InChI is InChI=1S/C27H31Cl2N5O2/c1-19(2)12-25-16-23(31-34(25)24-6-4-3-5-7-24)17-30-26(35)18-32-8-10-33(11-9-32)27(36)20-13-21(28)15-22(29)14-20/h3-7,13-16,19H,8-12,17-18H2,1-2H3,(H,30,35). The lowest BCUT2D eigenvalue weighted by Gasteiger charge is -2.34. The van der Waals surface area contributed by atoms with Gasteiger partial charge in [-0.3, -0.25) is 14.5 Å². The third-order valence-electron chi connectivity index (χ3n) is 6.05. The number of halogens is 2. The molecule has 0 aliphatic carbocycles. The van der Waals surface area contributed by atoms with Gasteiger partial charge in [0.25, 0.3) is 5.91 Å². The molecule has 9 heteroatoms. The van der Waals surface area contributed by atoms with Crippen LogP contribution in [0.2, 0.25) is 10.0 Å². The van der Waals surface area contributed by atoms with Crippen molar-refractivity contribution >= 4 is 35.0 Å². The monoisotopic (exact) mass is 527 g/mol. The number of nitrogens with one attached hydrogen (secondary N) is 1. The van der Waals surface area contributed by atoms with Crippen molar-refractivity contribution in [2.24, 2.45) is 5.92 Å². The number of piperazine rings is 1. The molecule has 0 atom stereocenters. The number of hydrogen-bond acceptors (Lipinski definition) is 4. The Hall–Kier alpha value is -2.87. The first-order valence-corrected chi connectivity index (χ1v) is 12.9. The second-order valence-corrected chi connectivity index (χ2v) is 10.3. The van der Waals surface area contributed by atoms with Crippen molar-refractivity contribution in [1.82, 2.24) is 24.9 Å². The van der Waals surface area contributed by atoms with E-state index in [0.717, 1.165) is 23.5 Å². The lowest BCUT2D eigenvalue weighted by atomic mass is 10.1. The van der Waals surface area contributed by atoms with Gasteiger partial charge in [-0.2, -0.15) is 5.10 Å². The first-order chi connectivity index (χ1) is 17.3. The third-order valence-corrected chi connectivity index (χ3v) is 6.49. The molecule has 2 amide bonds. The van der Waals surface area contributed by atoms with E-state index >= 15 is 0 Å². The Balaban J connectivity index is 1.29. The fraction of sp³-hybridized carbons (Fsp3) is 0.370. The van der Waals surface area contributed by atoms with E-state index in [9.17, 15) is 9.59 Å². The lowest BCUT2D eigenvalue weighted by molar-refractivity contribution is -0.122. The summed E-state index contributed by atoms with van der Waals surface area (Å²) in [5.74, 6) is 0.332. The predicted octanol–water partition coefficient (Wildman–Crippen LogP) is 4.45. The SMILES string of the molecule is CC(C)Cc1cc(CNC(=O)CN2CCN(C(=O)c3cc(Cl)cc(Cl)c3)CC2)nn1-c1ccccc1. The molecule has 4 rings (SSSR count). The number of nitrogens with zero attached hydrogens (tertiary/aromatic N) is 4. The smallest absolute Gasteiger partial charge is 0.254 e. The predicted molar refractivity (Wildman–Crippen MR) is 143 cm³/mol. The molecule has 0 radical (unpaired) electrons. The van der Waals surface area contributed by atoms with Crippen molar-refractivity contribution in [3.05, 3.63) is 81.6 Å². The van der Waals surface area contributed by atoms with E-state index in [2.05, 4.69) is 30.1 Å². The Morgan fingerprint density at radius 3 is 2.28 bits per heavy atom. The summed E-state index contributed by atoms with van der Waals surface area (Å²) >= 11 is 12.1. The van der Waals surface area contributed by atoms with Gasteiger partial charge in [0.15, 0.2) is 0 Å². The Morgan fingerprint density at radius 2 is 1.64 bits per heavy atom. The number of benzene rings is 2. The van der Waals surface area contributed by atoms with E-state index in [1.54, 1.807) is 23.1 Å². The Kier molecular flexibility index (Phi) is 8.67. The lowest BCUT2D eigenvalue weighted by Crippen LogP contribution is -2.51. The van der Waals surface area contributed by atoms with Crippen LogP contribution in [-0.2, 0) is 17.8 Å². The minimum absolute atomic E-state index is 0.0592. The summed E-state index contributed by atoms with van der Waals surface area (Å²) in [5, 5.41) is 8.62. The van der Waals surface area contributed by atoms with Crippen molar-refractivity contribution in [3.63, 3.8) is 0 Å². The van der Waals surface area contributed by atoms with Gasteiger partial charge in [-0.1, -0.05) is 55.2 Å². The zero-order valence-electron chi connectivity index (χ0n) is 20.6. The molecule has 1 aliphatic rings. The van der Waals surface area contributed by atoms with Crippen LogP contribution >= 0.6 is 23.2 Å². The fourth-order valence-corrected chi connectivity index (χ4v) is 4.86. The van der Waals surface area contributed by atoms with Crippen molar-refractivity contribution < 1.29 is 9.59 Å². The van der Waals surface area contributed by atoms with Gasteiger partial charge in [0.1, 0.15) is 0 Å². The van der Waals surface area contributed by atoms with Crippen molar-refractivity contribution in [2.45, 2.75) is 26.8 Å². The maximum Gasteiger partial charge on any atom is 0.254 e. The van der Waals surface area contributed by atoms with Crippen LogP contribution in [0.3, 0.4) is 0 Å². The number of aromatic nitrogens is 2. The average Bonchev–Trinajstić information content (AvgIpc) is 3.24. The quantitative estimate of drug-likeness (QED) is 0.469. The minimum atomic E-state index is -0.102. The summed E-state index contributed by atoms with van der Waals surface area (Å²) in [6.07, 6.45) is 0.903. The van der Waals surface area contributed by atoms with Gasteiger partial charge in [0.05, 0.1) is 24.5 Å². The van der Waals surface area contributed by atoms with E-state index in [0.29, 0.717) is 54.3 Å². The third kappa shape index (κ3) is 6.87. The number of carbonyl (C=O) groups is 2. The molecule has 2 heterocycles. The maximum atomic E-state index is 12.8. The number of hydrogen-bond donors (Lipinski definition) is 1. The summed E-state index contributed by atoms with van der Waals surface area (Å²) in [4.78, 5) is 29.3. The van der Waals surface area contributed by atoms with Crippen LogP contribution in [-0.4, -0.2) is 64.1 Å². The van der Waals surface area contributed by atoms with Crippen LogP contribution in [0.25, 0.3) is 5.69 Å². The first kappa shape index (κ1) is 26.2. The molecule has 0 saturated carbocycles. The topological polar surface area (TPSA) is 70.5 Å². The summed E-state index contributed by atoms with van der Waals surface area (Å²) in [7, 11) is 0. The van der Waals surface area contributed by atoms with E-state index in [4.69, 9.17) is 28.3 Å². The molecule has 0 bridgehead atoms. The Labute approximate surface area is 222 Å². The molecule has 1 N–H and O–H groups in total. The zero-order valence-corrected chi connectivity index (χ0v) is 22.1. The summed E-state index contributed by atoms with van der Waals surface area (Å²) in [5.41, 5.74) is 3.45. The van der Waals surface area contributed by atoms with Crippen LogP contribution in [0.1, 0.15) is 35.6 Å². The van der Waals surface area contributed by atoms with Crippen molar-refractivity contribution in [1.29, 1.82) is 0 Å². The molecule has 1 saturated heterocycles. The maximum absolute atomic E-state index is 12.8. The van der Waals surface area contributed by atoms with E-state index in [1.165, 1.54) is 0 Å². The van der Waals surface area contributed by atoms with Gasteiger partial charge < -0.3 is 10.2 Å². The van der Waals surface area contributed by atoms with Gasteiger partial charge in [-0.05, 0) is 48.7 Å². The van der Waals surface area contributed by atoms with Gasteiger partial charge >= 0.3 is 0 Å². The van der Waals surface area contributed by atoms with E-state index < -0.39 is 0 Å². The fourth-order valence-electron chi connectivity index (χ4n) is 4.33. The average molecular weight is 528 g/mol. The summed E-state index contributed by atoms with van der Waals surface area (Å²) in [6, 6.07) is 17.0. The van der Waals surface area contributed by atoms with Crippen LogP contribution < -0.4 is 5.32 Å². The molecule has 2 aromatic carbocycles. The second-order valence-electron chi connectivity index (χ2n) is 9.48. The highest BCUT2D eigenvalue weighted by atomic mass is 35.5. The number of para-hydroxylation sites is 1. The number of rotatable bonds is 8. The molecular formula is C27H31Cl2N5O2. The highest BCUT2D eigenvalue weighted by Gasteiger charge is 2.24. The first-order valence-electron chi connectivity index (χ1n) is 12.2. The molecule has 1 aliphatic heterocycles. The largest absolute Gasteiger partial charge is 0.349 e. The Morgan fingerprint density at radius 1 is 0.972 bits per heavy atom. The zero-order chi connectivity index (χ0) is 25.7. The van der Waals surface area contributed by atoms with Gasteiger partial charge in [0, 0.05) is 47.5 Å². The highest BCUT2D eigenvalue weighted by molar-refractivity contribution is 6.35. The molecule has 36 heavy (non-hydrogen) atoms. The van der Waals surface area contributed by atoms with E-state index in [1.807, 2.05) is 35.0 Å². The molecule has 1 aromatic heterocycles. The highest BCUT2D eigenvalue weighted by Crippen LogP contribution is 2.21. The summed E-state index contributed by atoms with van der Waals surface area (Å²) < 4.78 is 1.96. The van der Waals surface area contributed by atoms with Crippen LogP contribution in [0, 0.1) is 5.92 Å². The molecule has 0 unspecified atom stereocenters. The van der Waals surface area contributed by atoms with E-state index in [-0.39, 0.29) is 18.4 Å². The van der Waals surface area contributed by atoms with Gasteiger partial charge in [-0.15, -0.1) is 0 Å². The molecule has 3 aromatic rings. The number of amides is 2. The van der Waals surface area contributed by atoms with Crippen molar-refractivity contribution in [3.8, 4) is 5.69 Å². The Bertz CT molecular complexity index is 1180.